The minimum Gasteiger partial charge on any atom is -0.314 e. The molecule has 1 aromatic rings. The third-order valence-corrected chi connectivity index (χ3v) is 3.43. The van der Waals surface area contributed by atoms with Crippen LogP contribution in [0.25, 0.3) is 0 Å². The maximum absolute atomic E-state index is 13.1. The average Bonchev–Trinajstić information content (AvgIpc) is 2.27. The fourth-order valence-corrected chi connectivity index (χ4v) is 2.24. The Balaban J connectivity index is 2.11. The van der Waals surface area contributed by atoms with Crippen LogP contribution < -0.4 is 5.32 Å². The molecule has 1 fully saturated rings. The zero-order chi connectivity index (χ0) is 11.5. The van der Waals surface area contributed by atoms with Gasteiger partial charge in [-0.15, -0.1) is 0 Å². The standard InChI is InChI=1S/C11H13BrF2N2/c12-9-6-11(14)10(13)5-8(9)7-16-3-1-15-2-4-16/h5-6,15H,1-4,7H2. The summed E-state index contributed by atoms with van der Waals surface area (Å²) in [5, 5.41) is 3.25. The Bertz CT molecular complexity index is 378. The van der Waals surface area contributed by atoms with E-state index >= 15 is 0 Å². The van der Waals surface area contributed by atoms with Gasteiger partial charge in [-0.1, -0.05) is 15.9 Å². The number of piperazine rings is 1. The first kappa shape index (κ1) is 12.0. The van der Waals surface area contributed by atoms with E-state index in [1.807, 2.05) is 0 Å². The van der Waals surface area contributed by atoms with Crippen molar-refractivity contribution in [2.75, 3.05) is 26.2 Å². The second-order valence-corrected chi connectivity index (χ2v) is 4.74. The van der Waals surface area contributed by atoms with Crippen molar-refractivity contribution in [2.45, 2.75) is 6.54 Å². The van der Waals surface area contributed by atoms with E-state index in [1.54, 1.807) is 0 Å². The first-order valence-corrected chi connectivity index (χ1v) is 6.02. The Hall–Kier alpha value is -0.520. The van der Waals surface area contributed by atoms with Crippen molar-refractivity contribution >= 4 is 15.9 Å². The Labute approximate surface area is 102 Å². The zero-order valence-corrected chi connectivity index (χ0v) is 10.4. The van der Waals surface area contributed by atoms with Crippen molar-refractivity contribution in [3.63, 3.8) is 0 Å². The van der Waals surface area contributed by atoms with E-state index < -0.39 is 11.6 Å². The number of nitrogens with zero attached hydrogens (tertiary/aromatic N) is 1. The van der Waals surface area contributed by atoms with Gasteiger partial charge in [0.15, 0.2) is 11.6 Å². The molecule has 0 atom stereocenters. The van der Waals surface area contributed by atoms with Gasteiger partial charge in [0.05, 0.1) is 0 Å². The molecule has 1 saturated heterocycles. The molecule has 0 unspecified atom stereocenters. The highest BCUT2D eigenvalue weighted by molar-refractivity contribution is 9.10. The summed E-state index contributed by atoms with van der Waals surface area (Å²) >= 11 is 3.26. The molecule has 0 radical (unpaired) electrons. The lowest BCUT2D eigenvalue weighted by Gasteiger charge is -2.27. The molecule has 2 nitrogen and oxygen atoms in total. The summed E-state index contributed by atoms with van der Waals surface area (Å²) in [6.07, 6.45) is 0. The van der Waals surface area contributed by atoms with Crippen LogP contribution in [0.1, 0.15) is 5.56 Å². The summed E-state index contributed by atoms with van der Waals surface area (Å²) in [6.45, 7) is 4.42. The van der Waals surface area contributed by atoms with Crippen molar-refractivity contribution in [1.29, 1.82) is 0 Å². The molecule has 0 aliphatic carbocycles. The number of benzene rings is 1. The summed E-state index contributed by atoms with van der Waals surface area (Å²) in [5.74, 6) is -1.59. The Kier molecular flexibility index (Phi) is 3.89. The number of nitrogens with one attached hydrogen (secondary N) is 1. The summed E-state index contributed by atoms with van der Waals surface area (Å²) in [4.78, 5) is 2.22. The Morgan fingerprint density at radius 1 is 1.19 bits per heavy atom. The second kappa shape index (κ2) is 5.21. The molecule has 16 heavy (non-hydrogen) atoms. The summed E-state index contributed by atoms with van der Waals surface area (Å²) < 4.78 is 26.6. The van der Waals surface area contributed by atoms with Crippen LogP contribution in [0.3, 0.4) is 0 Å². The lowest BCUT2D eigenvalue weighted by atomic mass is 10.2. The normalized spacial score (nSPS) is 17.7. The van der Waals surface area contributed by atoms with E-state index in [0.29, 0.717) is 11.0 Å². The van der Waals surface area contributed by atoms with Gasteiger partial charge in [-0.2, -0.15) is 0 Å². The maximum atomic E-state index is 13.1. The SMILES string of the molecule is Fc1cc(Br)c(CN2CCNCC2)cc1F. The van der Waals surface area contributed by atoms with Crippen molar-refractivity contribution in [2.24, 2.45) is 0 Å². The van der Waals surface area contributed by atoms with Crippen molar-refractivity contribution in [1.82, 2.24) is 10.2 Å². The fourth-order valence-electron chi connectivity index (χ4n) is 1.80. The number of halogens is 3. The van der Waals surface area contributed by atoms with E-state index in [2.05, 4.69) is 26.1 Å². The quantitative estimate of drug-likeness (QED) is 0.840. The molecule has 5 heteroatoms. The minimum absolute atomic E-state index is 0.630. The number of hydrogen-bond donors (Lipinski definition) is 1. The molecule has 1 aliphatic rings. The monoisotopic (exact) mass is 290 g/mol. The summed E-state index contributed by atoms with van der Waals surface area (Å²) in [7, 11) is 0. The predicted octanol–water partition coefficient (Wildman–Crippen LogP) is 2.13. The van der Waals surface area contributed by atoms with Crippen LogP contribution in [-0.4, -0.2) is 31.1 Å². The third kappa shape index (κ3) is 2.78. The lowest BCUT2D eigenvalue weighted by molar-refractivity contribution is 0.232. The molecule has 0 amide bonds. The summed E-state index contributed by atoms with van der Waals surface area (Å²) in [6, 6.07) is 2.45. The molecule has 0 aromatic heterocycles. The fraction of sp³-hybridized carbons (Fsp3) is 0.455. The van der Waals surface area contributed by atoms with E-state index in [1.165, 1.54) is 12.1 Å². The Morgan fingerprint density at radius 3 is 2.50 bits per heavy atom. The highest BCUT2D eigenvalue weighted by atomic mass is 79.9. The van der Waals surface area contributed by atoms with Crippen molar-refractivity contribution < 1.29 is 8.78 Å². The van der Waals surface area contributed by atoms with Gasteiger partial charge in [-0.25, -0.2) is 8.78 Å². The van der Waals surface area contributed by atoms with Gasteiger partial charge >= 0.3 is 0 Å². The molecular formula is C11H13BrF2N2. The minimum atomic E-state index is -0.809. The molecule has 2 rings (SSSR count). The first-order chi connectivity index (χ1) is 7.66. The van der Waals surface area contributed by atoms with Crippen molar-refractivity contribution in [3.8, 4) is 0 Å². The van der Waals surface area contributed by atoms with Crippen LogP contribution in [0.4, 0.5) is 8.78 Å². The Morgan fingerprint density at radius 2 is 1.81 bits per heavy atom. The maximum Gasteiger partial charge on any atom is 0.159 e. The van der Waals surface area contributed by atoms with Gasteiger partial charge in [0.25, 0.3) is 0 Å². The smallest absolute Gasteiger partial charge is 0.159 e. The van der Waals surface area contributed by atoms with Crippen LogP contribution in [0.15, 0.2) is 16.6 Å². The lowest BCUT2D eigenvalue weighted by Crippen LogP contribution is -2.42. The predicted molar refractivity (Wildman–Crippen MR) is 62.2 cm³/mol. The average molecular weight is 291 g/mol. The van der Waals surface area contributed by atoms with Crippen molar-refractivity contribution in [3.05, 3.63) is 33.8 Å². The van der Waals surface area contributed by atoms with Gasteiger partial charge < -0.3 is 5.32 Å². The molecular weight excluding hydrogens is 278 g/mol. The molecule has 0 spiro atoms. The molecule has 1 aromatic carbocycles. The van der Waals surface area contributed by atoms with Gasteiger partial charge in [0, 0.05) is 37.2 Å². The van der Waals surface area contributed by atoms with E-state index in [-0.39, 0.29) is 0 Å². The number of rotatable bonds is 2. The topological polar surface area (TPSA) is 15.3 Å². The zero-order valence-electron chi connectivity index (χ0n) is 8.77. The highest BCUT2D eigenvalue weighted by Gasteiger charge is 2.13. The van der Waals surface area contributed by atoms with Crippen LogP contribution in [0.2, 0.25) is 0 Å². The second-order valence-electron chi connectivity index (χ2n) is 3.88. The van der Waals surface area contributed by atoms with Crippen LogP contribution in [0.5, 0.6) is 0 Å². The van der Waals surface area contributed by atoms with E-state index in [0.717, 1.165) is 31.7 Å². The molecule has 0 saturated carbocycles. The molecule has 88 valence electrons. The molecule has 1 N–H and O–H groups in total. The van der Waals surface area contributed by atoms with Gasteiger partial charge in [0.1, 0.15) is 0 Å². The van der Waals surface area contributed by atoms with E-state index in [4.69, 9.17) is 0 Å². The number of hydrogen-bond acceptors (Lipinski definition) is 2. The van der Waals surface area contributed by atoms with Gasteiger partial charge in [-0.05, 0) is 17.7 Å². The van der Waals surface area contributed by atoms with Gasteiger partial charge in [0.2, 0.25) is 0 Å². The van der Waals surface area contributed by atoms with Crippen LogP contribution in [0, 0.1) is 11.6 Å². The largest absolute Gasteiger partial charge is 0.314 e. The van der Waals surface area contributed by atoms with E-state index in [9.17, 15) is 8.78 Å². The molecule has 1 heterocycles. The third-order valence-electron chi connectivity index (χ3n) is 2.69. The highest BCUT2D eigenvalue weighted by Crippen LogP contribution is 2.22. The van der Waals surface area contributed by atoms with Crippen LogP contribution >= 0.6 is 15.9 Å². The van der Waals surface area contributed by atoms with Crippen LogP contribution in [-0.2, 0) is 6.54 Å². The summed E-state index contributed by atoms with van der Waals surface area (Å²) in [5.41, 5.74) is 0.792. The first-order valence-electron chi connectivity index (χ1n) is 5.23. The molecule has 1 aliphatic heterocycles. The molecule has 0 bridgehead atoms. The van der Waals surface area contributed by atoms with Gasteiger partial charge in [-0.3, -0.25) is 4.90 Å².